The monoisotopic (exact) mass is 324 g/mol. The summed E-state index contributed by atoms with van der Waals surface area (Å²) in [7, 11) is 0. The number of hydrogen-bond donors (Lipinski definition) is 0. The standard InChI is InChI=1S/C12H10N3O3.BrH/c16-12(9-14-8-2-1-7-13-14)10-3-5-11(6-4-10)15(17)18;/h1-8H,9H2;1H/q+1;. The predicted molar refractivity (Wildman–Crippen MR) is 72.2 cm³/mol. The molecule has 0 aliphatic heterocycles. The summed E-state index contributed by atoms with van der Waals surface area (Å²) in [5.41, 5.74) is 0.399. The van der Waals surface area contributed by atoms with Crippen LogP contribution in [0.5, 0.6) is 0 Å². The number of benzene rings is 1. The molecular formula is C12H11BrN3O3+. The van der Waals surface area contributed by atoms with Gasteiger partial charge in [-0.15, -0.1) is 17.0 Å². The van der Waals surface area contributed by atoms with Gasteiger partial charge in [-0.1, -0.05) is 4.68 Å². The zero-order valence-corrected chi connectivity index (χ0v) is 11.5. The first-order valence-corrected chi connectivity index (χ1v) is 5.25. The zero-order chi connectivity index (χ0) is 13.0. The highest BCUT2D eigenvalue weighted by molar-refractivity contribution is 8.93. The molecule has 0 fully saturated rings. The van der Waals surface area contributed by atoms with Crippen molar-refractivity contribution >= 4 is 28.5 Å². The molecule has 1 aromatic heterocycles. The Balaban J connectivity index is 0.00000180. The van der Waals surface area contributed by atoms with Gasteiger partial charge in [0.1, 0.15) is 0 Å². The molecule has 0 bridgehead atoms. The summed E-state index contributed by atoms with van der Waals surface area (Å²) in [6, 6.07) is 9.06. The van der Waals surface area contributed by atoms with E-state index in [1.807, 2.05) is 0 Å². The van der Waals surface area contributed by atoms with E-state index in [0.29, 0.717) is 5.56 Å². The summed E-state index contributed by atoms with van der Waals surface area (Å²) in [5.74, 6) is -0.145. The summed E-state index contributed by atoms with van der Waals surface area (Å²) in [5, 5.41) is 14.5. The lowest BCUT2D eigenvalue weighted by Crippen LogP contribution is -2.40. The van der Waals surface area contributed by atoms with Crippen LogP contribution in [0, 0.1) is 10.1 Å². The van der Waals surface area contributed by atoms with Crippen molar-refractivity contribution in [2.24, 2.45) is 0 Å². The summed E-state index contributed by atoms with van der Waals surface area (Å²) in [6.45, 7) is 0.110. The Morgan fingerprint density at radius 3 is 2.47 bits per heavy atom. The van der Waals surface area contributed by atoms with Crippen molar-refractivity contribution in [3.8, 4) is 0 Å². The Morgan fingerprint density at radius 1 is 1.26 bits per heavy atom. The number of carbonyl (C=O) groups is 1. The van der Waals surface area contributed by atoms with Gasteiger partial charge in [-0.25, -0.2) is 0 Å². The molecule has 0 saturated carbocycles. The second kappa shape index (κ2) is 6.69. The van der Waals surface area contributed by atoms with Crippen LogP contribution in [-0.4, -0.2) is 15.8 Å². The summed E-state index contributed by atoms with van der Waals surface area (Å²) in [4.78, 5) is 21.8. The molecule has 7 heteroatoms. The average molecular weight is 325 g/mol. The van der Waals surface area contributed by atoms with E-state index in [1.54, 1.807) is 24.5 Å². The van der Waals surface area contributed by atoms with Gasteiger partial charge in [-0.2, -0.15) is 0 Å². The number of rotatable bonds is 4. The van der Waals surface area contributed by atoms with Crippen molar-refractivity contribution in [2.45, 2.75) is 6.54 Å². The first-order chi connectivity index (χ1) is 8.66. The van der Waals surface area contributed by atoms with Crippen LogP contribution in [-0.2, 0) is 6.54 Å². The summed E-state index contributed by atoms with van der Waals surface area (Å²) in [6.07, 6.45) is 3.27. The predicted octanol–water partition coefficient (Wildman–Crippen LogP) is 1.74. The van der Waals surface area contributed by atoms with Crippen molar-refractivity contribution in [1.82, 2.24) is 5.10 Å². The second-order valence-electron chi connectivity index (χ2n) is 3.62. The first kappa shape index (κ1) is 14.9. The van der Waals surface area contributed by atoms with E-state index >= 15 is 0 Å². The minimum atomic E-state index is -0.498. The number of nitro benzene ring substituents is 1. The van der Waals surface area contributed by atoms with Gasteiger partial charge in [-0.3, -0.25) is 14.9 Å². The first-order valence-electron chi connectivity index (χ1n) is 5.25. The molecule has 0 spiro atoms. The molecule has 6 nitrogen and oxygen atoms in total. The number of non-ortho nitro benzene ring substituents is 1. The Labute approximate surface area is 119 Å². The molecule has 0 radical (unpaired) electrons. The molecule has 98 valence electrons. The van der Waals surface area contributed by atoms with E-state index < -0.39 is 4.92 Å². The Morgan fingerprint density at radius 2 is 1.95 bits per heavy atom. The highest BCUT2D eigenvalue weighted by atomic mass is 79.9. The molecule has 1 aromatic carbocycles. The third-order valence-corrected chi connectivity index (χ3v) is 2.38. The summed E-state index contributed by atoms with van der Waals surface area (Å²) < 4.78 is 1.50. The molecule has 0 atom stereocenters. The van der Waals surface area contributed by atoms with Gasteiger partial charge >= 0.3 is 0 Å². The highest BCUT2D eigenvalue weighted by Crippen LogP contribution is 2.12. The molecule has 0 unspecified atom stereocenters. The van der Waals surface area contributed by atoms with E-state index in [9.17, 15) is 14.9 Å². The van der Waals surface area contributed by atoms with Gasteiger partial charge in [0.05, 0.1) is 11.1 Å². The largest absolute Gasteiger partial charge is 0.287 e. The SMILES string of the molecule is Br.O=C(C[n+]1ccccn1)c1ccc([N+](=O)[O-])cc1. The minimum absolute atomic E-state index is 0. The third kappa shape index (κ3) is 3.92. The van der Waals surface area contributed by atoms with Crippen molar-refractivity contribution < 1.29 is 14.4 Å². The minimum Gasteiger partial charge on any atom is -0.287 e. The van der Waals surface area contributed by atoms with Crippen molar-refractivity contribution in [3.63, 3.8) is 0 Å². The number of ketones is 1. The van der Waals surface area contributed by atoms with Gasteiger partial charge in [-0.05, 0) is 23.3 Å². The van der Waals surface area contributed by atoms with Gasteiger partial charge in [0.15, 0.2) is 6.20 Å². The lowest BCUT2D eigenvalue weighted by molar-refractivity contribution is -0.741. The van der Waals surface area contributed by atoms with Gasteiger partial charge in [0, 0.05) is 23.8 Å². The molecule has 2 aromatic rings. The van der Waals surface area contributed by atoms with Gasteiger partial charge < -0.3 is 0 Å². The fourth-order valence-corrected chi connectivity index (χ4v) is 1.46. The van der Waals surface area contributed by atoms with Crippen molar-refractivity contribution in [3.05, 3.63) is 64.5 Å². The number of aromatic nitrogens is 2. The normalized spacial score (nSPS) is 9.47. The number of hydrogen-bond acceptors (Lipinski definition) is 4. The van der Waals surface area contributed by atoms with E-state index in [1.165, 1.54) is 28.9 Å². The molecule has 19 heavy (non-hydrogen) atoms. The zero-order valence-electron chi connectivity index (χ0n) is 9.80. The molecule has 0 N–H and O–H groups in total. The van der Waals surface area contributed by atoms with Crippen LogP contribution in [0.4, 0.5) is 5.69 Å². The number of carbonyl (C=O) groups excluding carboxylic acids is 1. The van der Waals surface area contributed by atoms with Gasteiger partial charge in [0.2, 0.25) is 12.3 Å². The fourth-order valence-electron chi connectivity index (χ4n) is 1.46. The Kier molecular flexibility index (Phi) is 5.25. The van der Waals surface area contributed by atoms with Crippen LogP contribution < -0.4 is 4.68 Å². The maximum absolute atomic E-state index is 11.9. The number of Topliss-reactive ketones (excluding diaryl/α,β-unsaturated/α-hetero) is 1. The van der Waals surface area contributed by atoms with E-state index in [4.69, 9.17) is 0 Å². The van der Waals surface area contributed by atoms with E-state index in [-0.39, 0.29) is 35.0 Å². The molecule has 1 heterocycles. The van der Waals surface area contributed by atoms with E-state index in [0.717, 1.165) is 0 Å². The Bertz CT molecular complexity index is 573. The van der Waals surface area contributed by atoms with Crippen LogP contribution in [0.25, 0.3) is 0 Å². The van der Waals surface area contributed by atoms with Crippen LogP contribution in [0.15, 0.2) is 48.8 Å². The molecule has 0 aliphatic rings. The second-order valence-corrected chi connectivity index (χ2v) is 3.62. The topological polar surface area (TPSA) is 77.0 Å². The quantitative estimate of drug-likeness (QED) is 0.371. The molecule has 0 amide bonds. The molecule has 0 aliphatic carbocycles. The maximum Gasteiger partial charge on any atom is 0.269 e. The van der Waals surface area contributed by atoms with Crippen LogP contribution in [0.1, 0.15) is 10.4 Å². The van der Waals surface area contributed by atoms with Crippen molar-refractivity contribution in [1.29, 1.82) is 0 Å². The maximum atomic E-state index is 11.9. The van der Waals surface area contributed by atoms with Crippen molar-refractivity contribution in [2.75, 3.05) is 0 Å². The number of nitrogens with zero attached hydrogens (tertiary/aromatic N) is 3. The summed E-state index contributed by atoms with van der Waals surface area (Å²) >= 11 is 0. The molecule has 2 rings (SSSR count). The fraction of sp³-hybridized carbons (Fsp3) is 0.0833. The average Bonchev–Trinajstić information content (AvgIpc) is 2.40. The van der Waals surface area contributed by atoms with Crippen LogP contribution in [0.3, 0.4) is 0 Å². The Hall–Kier alpha value is -2.15. The third-order valence-electron chi connectivity index (χ3n) is 2.38. The highest BCUT2D eigenvalue weighted by Gasteiger charge is 2.14. The number of nitro groups is 1. The lowest BCUT2D eigenvalue weighted by Gasteiger charge is -1.96. The molecular weight excluding hydrogens is 314 g/mol. The smallest absolute Gasteiger partial charge is 0.269 e. The lowest BCUT2D eigenvalue weighted by atomic mass is 10.1. The van der Waals surface area contributed by atoms with E-state index in [2.05, 4.69) is 5.10 Å². The number of halogens is 1. The van der Waals surface area contributed by atoms with Crippen LogP contribution in [0.2, 0.25) is 0 Å². The van der Waals surface area contributed by atoms with Crippen LogP contribution >= 0.6 is 17.0 Å². The van der Waals surface area contributed by atoms with Gasteiger partial charge in [0.25, 0.3) is 5.69 Å². The molecule has 0 saturated heterocycles.